The van der Waals surface area contributed by atoms with Crippen LogP contribution < -0.4 is 22.3 Å². The van der Waals surface area contributed by atoms with Gasteiger partial charge in [0.15, 0.2) is 0 Å². The highest BCUT2D eigenvalue weighted by Gasteiger charge is 2.32. The molecule has 33 heavy (non-hydrogen) atoms. The zero-order valence-electron chi connectivity index (χ0n) is 17.6. The predicted molar refractivity (Wildman–Crippen MR) is 122 cm³/mol. The number of carboxylic acid groups (broad SMARTS) is 2. The van der Waals surface area contributed by atoms with E-state index in [4.69, 9.17) is 16.6 Å². The Morgan fingerprint density at radius 3 is 2.42 bits per heavy atom. The summed E-state index contributed by atoms with van der Waals surface area (Å²) in [5, 5.41) is 20.3. The van der Waals surface area contributed by atoms with Gasteiger partial charge >= 0.3 is 11.9 Å². The lowest BCUT2D eigenvalue weighted by atomic mass is 9.71. The molecule has 1 heterocycles. The number of benzene rings is 1. The molecule has 0 unspecified atom stereocenters. The van der Waals surface area contributed by atoms with E-state index in [2.05, 4.69) is 15.3 Å². The molecule has 176 valence electrons. The average Bonchev–Trinajstić information content (AvgIpc) is 2.72. The highest BCUT2D eigenvalue weighted by molar-refractivity contribution is 7.99. The predicted octanol–water partition coefficient (Wildman–Crippen LogP) is 1.27. The van der Waals surface area contributed by atoms with Gasteiger partial charge in [-0.3, -0.25) is 19.4 Å². The van der Waals surface area contributed by atoms with Crippen molar-refractivity contribution in [2.45, 2.75) is 42.5 Å². The molecule has 2 aromatic rings. The normalized spacial score (nSPS) is 18.2. The van der Waals surface area contributed by atoms with E-state index >= 15 is 0 Å². The first-order valence-electron chi connectivity index (χ1n) is 10.3. The molecule has 12 heteroatoms. The maximum absolute atomic E-state index is 12.4. The number of H-pyrrole nitrogens is 1. The van der Waals surface area contributed by atoms with Crippen LogP contribution in [0, 0.1) is 5.92 Å². The van der Waals surface area contributed by atoms with Crippen molar-refractivity contribution < 1.29 is 24.6 Å². The molecular weight excluding hydrogens is 450 g/mol. The Balaban J connectivity index is 1.59. The van der Waals surface area contributed by atoms with Crippen LogP contribution in [-0.4, -0.2) is 49.8 Å². The monoisotopic (exact) mass is 475 g/mol. The fourth-order valence-corrected chi connectivity index (χ4v) is 4.84. The van der Waals surface area contributed by atoms with Crippen molar-refractivity contribution in [3.8, 4) is 0 Å². The molecule has 0 aliphatic heterocycles. The number of hydrogen-bond acceptors (Lipinski definition) is 8. The molecule has 1 aliphatic rings. The van der Waals surface area contributed by atoms with Gasteiger partial charge in [-0.25, -0.2) is 4.79 Å². The van der Waals surface area contributed by atoms with Gasteiger partial charge in [0.25, 0.3) is 11.5 Å². The highest BCUT2D eigenvalue weighted by atomic mass is 32.2. The largest absolute Gasteiger partial charge is 0.481 e. The number of amides is 1. The number of nitrogens with two attached hydrogens (primary N) is 2. The number of rotatable bonds is 10. The molecule has 1 aromatic heterocycles. The lowest BCUT2D eigenvalue weighted by Crippen LogP contribution is -2.41. The van der Waals surface area contributed by atoms with E-state index in [0.29, 0.717) is 16.6 Å². The molecule has 0 spiro atoms. The van der Waals surface area contributed by atoms with Crippen molar-refractivity contribution in [1.82, 2.24) is 15.3 Å². The second-order valence-electron chi connectivity index (χ2n) is 7.84. The summed E-state index contributed by atoms with van der Waals surface area (Å²) in [5.41, 5.74) is 12.3. The smallest absolute Gasteiger partial charge is 0.326 e. The summed E-state index contributed by atoms with van der Waals surface area (Å²) >= 11 is 1.34. The first-order chi connectivity index (χ1) is 15.7. The molecule has 1 fully saturated rings. The number of nitrogen functional groups attached to an aromatic ring is 2. The quantitative estimate of drug-likeness (QED) is 0.272. The van der Waals surface area contributed by atoms with Crippen molar-refractivity contribution in [2.24, 2.45) is 5.92 Å². The SMILES string of the molecule is Nc1nc(N)c(SC[C@@H]2CC[C@H]2c2ccc(C(=O)N[C@@H](CCC(=O)O)C(=O)O)cc2)c(=O)[nH]1. The second-order valence-corrected chi connectivity index (χ2v) is 8.87. The Morgan fingerprint density at radius 2 is 1.88 bits per heavy atom. The Morgan fingerprint density at radius 1 is 1.18 bits per heavy atom. The van der Waals surface area contributed by atoms with Crippen molar-refractivity contribution in [2.75, 3.05) is 17.2 Å². The third kappa shape index (κ3) is 6.04. The van der Waals surface area contributed by atoms with Gasteiger partial charge in [0.2, 0.25) is 5.95 Å². The van der Waals surface area contributed by atoms with Crippen LogP contribution in [-0.2, 0) is 9.59 Å². The molecule has 3 atom stereocenters. The molecule has 0 saturated heterocycles. The summed E-state index contributed by atoms with van der Waals surface area (Å²) < 4.78 is 0. The Kier molecular flexibility index (Phi) is 7.59. The number of aliphatic carboxylic acids is 2. The van der Waals surface area contributed by atoms with E-state index in [1.165, 1.54) is 11.8 Å². The summed E-state index contributed by atoms with van der Waals surface area (Å²) in [5.74, 6) is -1.65. The van der Waals surface area contributed by atoms with Crippen molar-refractivity contribution in [3.05, 3.63) is 45.7 Å². The number of anilines is 2. The minimum Gasteiger partial charge on any atom is -0.481 e. The lowest BCUT2D eigenvalue weighted by Gasteiger charge is -2.37. The zero-order valence-corrected chi connectivity index (χ0v) is 18.4. The molecule has 0 bridgehead atoms. The van der Waals surface area contributed by atoms with E-state index in [9.17, 15) is 24.3 Å². The van der Waals surface area contributed by atoms with Crippen LogP contribution in [0.2, 0.25) is 0 Å². The molecule has 1 saturated carbocycles. The van der Waals surface area contributed by atoms with Crippen LogP contribution in [0.4, 0.5) is 11.8 Å². The Bertz CT molecular complexity index is 1100. The van der Waals surface area contributed by atoms with Crippen LogP contribution in [0.25, 0.3) is 0 Å². The van der Waals surface area contributed by atoms with Crippen LogP contribution in [0.5, 0.6) is 0 Å². The summed E-state index contributed by atoms with van der Waals surface area (Å²) in [6.45, 7) is 0. The average molecular weight is 476 g/mol. The number of carbonyl (C=O) groups excluding carboxylic acids is 1. The number of hydrogen-bond donors (Lipinski definition) is 6. The fraction of sp³-hybridized carbons (Fsp3) is 0.381. The van der Waals surface area contributed by atoms with Crippen molar-refractivity contribution >= 4 is 41.4 Å². The molecule has 8 N–H and O–H groups in total. The van der Waals surface area contributed by atoms with E-state index in [1.54, 1.807) is 12.1 Å². The second kappa shape index (κ2) is 10.4. The number of carboxylic acids is 2. The first kappa shape index (κ1) is 24.1. The van der Waals surface area contributed by atoms with Gasteiger partial charge < -0.3 is 27.0 Å². The first-order valence-corrected chi connectivity index (χ1v) is 11.3. The minimum absolute atomic E-state index is 0.0240. The number of carbonyl (C=O) groups is 3. The highest BCUT2D eigenvalue weighted by Crippen LogP contribution is 2.45. The van der Waals surface area contributed by atoms with E-state index in [0.717, 1.165) is 18.4 Å². The standard InChI is InChI=1S/C21H25N5O6S/c22-17-16(19(30)26-21(23)25-17)33-9-12-5-6-13(12)10-1-3-11(4-2-10)18(29)24-14(20(31)32)7-8-15(27)28/h1-4,12-14H,5-9H2,(H,24,29)(H,27,28)(H,31,32)(H5,22,23,25,26,30)/t12-,13-,14-/m0/s1. The van der Waals surface area contributed by atoms with Gasteiger partial charge in [-0.15, -0.1) is 11.8 Å². The van der Waals surface area contributed by atoms with Crippen molar-refractivity contribution in [1.29, 1.82) is 0 Å². The molecular formula is C21H25N5O6S. The topological polar surface area (TPSA) is 201 Å². The van der Waals surface area contributed by atoms with Crippen LogP contribution in [0.1, 0.15) is 47.5 Å². The summed E-state index contributed by atoms with van der Waals surface area (Å²) in [6.07, 6.45) is 1.40. The van der Waals surface area contributed by atoms with Gasteiger partial charge in [-0.2, -0.15) is 4.98 Å². The Hall–Kier alpha value is -3.54. The van der Waals surface area contributed by atoms with Gasteiger partial charge in [0, 0.05) is 17.7 Å². The lowest BCUT2D eigenvalue weighted by molar-refractivity contribution is -0.140. The third-order valence-corrected chi connectivity index (χ3v) is 6.91. The molecule has 0 radical (unpaired) electrons. The van der Waals surface area contributed by atoms with Gasteiger partial charge in [-0.1, -0.05) is 12.1 Å². The molecule has 3 rings (SSSR count). The van der Waals surface area contributed by atoms with Gasteiger partial charge in [0.05, 0.1) is 0 Å². The maximum Gasteiger partial charge on any atom is 0.326 e. The fourth-order valence-electron chi connectivity index (χ4n) is 3.68. The number of nitrogens with zero attached hydrogens (tertiary/aromatic N) is 1. The van der Waals surface area contributed by atoms with E-state index < -0.39 is 23.9 Å². The summed E-state index contributed by atoms with van der Waals surface area (Å²) in [4.78, 5) is 53.1. The van der Waals surface area contributed by atoms with Gasteiger partial charge in [-0.05, 0) is 48.8 Å². The number of nitrogens with one attached hydrogen (secondary N) is 2. The Labute approximate surface area is 193 Å². The van der Waals surface area contributed by atoms with E-state index in [1.807, 2.05) is 12.1 Å². The van der Waals surface area contributed by atoms with Crippen LogP contribution >= 0.6 is 11.8 Å². The third-order valence-electron chi connectivity index (χ3n) is 5.63. The zero-order chi connectivity index (χ0) is 24.1. The number of aromatic amines is 1. The number of thioether (sulfide) groups is 1. The maximum atomic E-state index is 12.4. The molecule has 1 aliphatic carbocycles. The minimum atomic E-state index is -1.29. The van der Waals surface area contributed by atoms with Crippen LogP contribution in [0.15, 0.2) is 34.0 Å². The summed E-state index contributed by atoms with van der Waals surface area (Å²) in [7, 11) is 0. The number of aromatic nitrogens is 2. The van der Waals surface area contributed by atoms with Crippen LogP contribution in [0.3, 0.4) is 0 Å². The van der Waals surface area contributed by atoms with Gasteiger partial charge in [0.1, 0.15) is 16.8 Å². The summed E-state index contributed by atoms with van der Waals surface area (Å²) in [6, 6.07) is 5.62. The molecule has 1 aromatic carbocycles. The molecule has 11 nitrogen and oxygen atoms in total. The van der Waals surface area contributed by atoms with Crippen molar-refractivity contribution in [3.63, 3.8) is 0 Å². The van der Waals surface area contributed by atoms with E-state index in [-0.39, 0.29) is 41.6 Å². The molecule has 1 amide bonds.